The Balaban J connectivity index is 1.11. The smallest absolute Gasteiger partial charge is 0.274 e. The summed E-state index contributed by atoms with van der Waals surface area (Å²) in [6.45, 7) is 6.50. The van der Waals surface area contributed by atoms with E-state index in [1.807, 2.05) is 42.2 Å². The minimum Gasteiger partial charge on any atom is -0.335 e. The molecule has 4 saturated carbocycles. The van der Waals surface area contributed by atoms with Gasteiger partial charge in [0.2, 0.25) is 0 Å². The Bertz CT molecular complexity index is 1400. The van der Waals surface area contributed by atoms with Gasteiger partial charge in [0, 0.05) is 53.9 Å². The second-order valence-electron chi connectivity index (χ2n) is 12.5. The number of amides is 1. The molecule has 210 valence electrons. The number of halogens is 3. The summed E-state index contributed by atoms with van der Waals surface area (Å²) in [5.41, 5.74) is 3.71. The molecule has 0 spiro atoms. The first-order valence-electron chi connectivity index (χ1n) is 14.7. The van der Waals surface area contributed by atoms with Gasteiger partial charge in [0.1, 0.15) is 0 Å². The Morgan fingerprint density at radius 2 is 1.48 bits per heavy atom. The van der Waals surface area contributed by atoms with Gasteiger partial charge in [0.25, 0.3) is 5.91 Å². The molecule has 1 saturated heterocycles. The van der Waals surface area contributed by atoms with Crippen molar-refractivity contribution in [1.82, 2.24) is 19.6 Å². The van der Waals surface area contributed by atoms with Crippen molar-refractivity contribution in [2.45, 2.75) is 39.0 Å². The van der Waals surface area contributed by atoms with E-state index in [1.54, 1.807) is 16.8 Å². The van der Waals surface area contributed by atoms with E-state index in [2.05, 4.69) is 4.90 Å². The number of hydrogen-bond donors (Lipinski definition) is 0. The van der Waals surface area contributed by atoms with Crippen LogP contribution in [0.25, 0.3) is 16.9 Å². The highest BCUT2D eigenvalue weighted by molar-refractivity contribution is 6.35. The minimum absolute atomic E-state index is 0.0224. The summed E-state index contributed by atoms with van der Waals surface area (Å²) in [4.78, 5) is 18.5. The molecule has 0 N–H and O–H groups in total. The zero-order valence-electron chi connectivity index (χ0n) is 22.8. The van der Waals surface area contributed by atoms with Crippen LogP contribution in [0.4, 0.5) is 0 Å². The highest BCUT2D eigenvalue weighted by Gasteiger charge is 2.48. The number of nitrogens with zero attached hydrogens (tertiary/aromatic N) is 4. The molecule has 8 rings (SSSR count). The molecule has 5 nitrogen and oxygen atoms in total. The Hall–Kier alpha value is -2.05. The lowest BCUT2D eigenvalue weighted by Crippen LogP contribution is -2.53. The Kier molecular flexibility index (Phi) is 7.14. The van der Waals surface area contributed by atoms with Crippen LogP contribution in [0.3, 0.4) is 0 Å². The number of hydrogen-bond acceptors (Lipinski definition) is 3. The van der Waals surface area contributed by atoms with Crippen molar-refractivity contribution in [2.24, 2.45) is 29.6 Å². The lowest BCUT2D eigenvalue weighted by atomic mass is 9.52. The van der Waals surface area contributed by atoms with Crippen LogP contribution in [0.1, 0.15) is 48.2 Å². The summed E-state index contributed by atoms with van der Waals surface area (Å²) in [7, 11) is 0. The zero-order valence-corrected chi connectivity index (χ0v) is 25.1. The van der Waals surface area contributed by atoms with Gasteiger partial charge >= 0.3 is 0 Å². The second-order valence-corrected chi connectivity index (χ2v) is 13.8. The van der Waals surface area contributed by atoms with Gasteiger partial charge in [0.15, 0.2) is 5.69 Å². The van der Waals surface area contributed by atoms with Crippen molar-refractivity contribution in [3.05, 3.63) is 68.8 Å². The molecule has 4 bridgehead atoms. The fraction of sp³-hybridized carbons (Fsp3) is 0.500. The molecule has 2 aromatic carbocycles. The van der Waals surface area contributed by atoms with E-state index in [4.69, 9.17) is 39.9 Å². The largest absolute Gasteiger partial charge is 0.335 e. The maximum Gasteiger partial charge on any atom is 0.274 e. The predicted molar refractivity (Wildman–Crippen MR) is 162 cm³/mol. The minimum atomic E-state index is -0.0224. The number of carbonyl (C=O) groups excluding carboxylic acids is 1. The number of carbonyl (C=O) groups is 1. The highest BCUT2D eigenvalue weighted by atomic mass is 35.5. The van der Waals surface area contributed by atoms with Crippen molar-refractivity contribution in [1.29, 1.82) is 0 Å². The predicted octanol–water partition coefficient (Wildman–Crippen LogP) is 7.64. The Morgan fingerprint density at radius 3 is 2.10 bits per heavy atom. The van der Waals surface area contributed by atoms with E-state index < -0.39 is 0 Å². The molecule has 0 radical (unpaired) electrons. The summed E-state index contributed by atoms with van der Waals surface area (Å²) >= 11 is 19.0. The van der Waals surface area contributed by atoms with Crippen LogP contribution in [-0.4, -0.2) is 58.2 Å². The van der Waals surface area contributed by atoms with Crippen molar-refractivity contribution in [3.63, 3.8) is 0 Å². The SMILES string of the molecule is Cc1c(C(=O)N2CCN(CC3C4CC5CC(C4)CC3C5)CC2)nn(-c2ccc(Cl)cc2Cl)c1-c1ccc(Cl)cc1. The molecular weight excluding hydrogens is 563 g/mol. The zero-order chi connectivity index (χ0) is 27.5. The molecule has 4 aliphatic carbocycles. The van der Waals surface area contributed by atoms with Crippen molar-refractivity contribution in [2.75, 3.05) is 32.7 Å². The van der Waals surface area contributed by atoms with Gasteiger partial charge in [-0.15, -0.1) is 0 Å². The van der Waals surface area contributed by atoms with Crippen LogP contribution in [-0.2, 0) is 0 Å². The molecule has 1 amide bonds. The lowest BCUT2D eigenvalue weighted by molar-refractivity contribution is -0.0523. The van der Waals surface area contributed by atoms with Crippen LogP contribution in [0.2, 0.25) is 15.1 Å². The van der Waals surface area contributed by atoms with Gasteiger partial charge in [-0.3, -0.25) is 9.69 Å². The van der Waals surface area contributed by atoms with Gasteiger partial charge in [-0.2, -0.15) is 5.10 Å². The first kappa shape index (κ1) is 26.8. The fourth-order valence-electron chi connectivity index (χ4n) is 8.39. The third-order valence-corrected chi connectivity index (χ3v) is 10.9. The van der Waals surface area contributed by atoms with E-state index in [0.717, 1.165) is 72.6 Å². The molecule has 2 heterocycles. The summed E-state index contributed by atoms with van der Waals surface area (Å²) in [5.74, 6) is 4.74. The molecule has 3 aromatic rings. The molecule has 8 heteroatoms. The summed E-state index contributed by atoms with van der Waals surface area (Å²) < 4.78 is 1.77. The van der Waals surface area contributed by atoms with Gasteiger partial charge in [-0.05, 0) is 98.9 Å². The van der Waals surface area contributed by atoms with Crippen LogP contribution in [0.5, 0.6) is 0 Å². The van der Waals surface area contributed by atoms with Crippen LogP contribution >= 0.6 is 34.8 Å². The quantitative estimate of drug-likeness (QED) is 0.304. The van der Waals surface area contributed by atoms with E-state index in [9.17, 15) is 4.79 Å². The molecule has 1 aliphatic heterocycles. The molecule has 5 fully saturated rings. The molecule has 0 unspecified atom stereocenters. The standard InChI is InChI=1S/C32H35Cl3N4O/c1-19-30(36-39(29-7-6-26(34)17-28(29)35)31(19)22-2-4-25(33)5-3-22)32(40)38-10-8-37(9-11-38)18-27-23-13-20-12-21(15-23)16-24(27)14-20/h2-7,17,20-21,23-24,27H,8-16,18H2,1H3. The van der Waals surface area contributed by atoms with Crippen LogP contribution in [0, 0.1) is 36.5 Å². The maximum absolute atomic E-state index is 13.9. The average molecular weight is 598 g/mol. The molecule has 5 aliphatic rings. The van der Waals surface area contributed by atoms with E-state index >= 15 is 0 Å². The monoisotopic (exact) mass is 596 g/mol. The van der Waals surface area contributed by atoms with Gasteiger partial charge in [-0.1, -0.05) is 46.9 Å². The average Bonchev–Trinajstić information content (AvgIpc) is 3.27. The second kappa shape index (κ2) is 10.7. The van der Waals surface area contributed by atoms with Crippen molar-refractivity contribution < 1.29 is 4.79 Å². The van der Waals surface area contributed by atoms with Crippen molar-refractivity contribution in [3.8, 4) is 16.9 Å². The summed E-state index contributed by atoms with van der Waals surface area (Å²) in [5, 5.41) is 6.53. The third kappa shape index (κ3) is 4.87. The van der Waals surface area contributed by atoms with Gasteiger partial charge < -0.3 is 4.90 Å². The van der Waals surface area contributed by atoms with E-state index in [0.29, 0.717) is 26.4 Å². The molecular formula is C32H35Cl3N4O. The van der Waals surface area contributed by atoms with Gasteiger partial charge in [0.05, 0.1) is 16.4 Å². The van der Waals surface area contributed by atoms with E-state index in [1.165, 1.54) is 38.6 Å². The number of aromatic nitrogens is 2. The van der Waals surface area contributed by atoms with Gasteiger partial charge in [-0.25, -0.2) is 4.68 Å². The first-order valence-corrected chi connectivity index (χ1v) is 15.8. The Labute approximate surface area is 251 Å². The normalized spacial score (nSPS) is 27.9. The topological polar surface area (TPSA) is 41.4 Å². The van der Waals surface area contributed by atoms with Crippen LogP contribution < -0.4 is 0 Å². The summed E-state index contributed by atoms with van der Waals surface area (Å²) in [6, 6.07) is 12.9. The molecule has 1 aromatic heterocycles. The van der Waals surface area contributed by atoms with Crippen molar-refractivity contribution >= 4 is 40.7 Å². The molecule has 0 atom stereocenters. The lowest BCUT2D eigenvalue weighted by Gasteiger charge is -2.55. The number of benzene rings is 2. The first-order chi connectivity index (χ1) is 19.3. The van der Waals surface area contributed by atoms with E-state index in [-0.39, 0.29) is 5.91 Å². The number of piperazine rings is 1. The maximum atomic E-state index is 13.9. The van der Waals surface area contributed by atoms with Crippen LogP contribution in [0.15, 0.2) is 42.5 Å². The number of rotatable bonds is 5. The Morgan fingerprint density at radius 1 is 0.850 bits per heavy atom. The fourth-order valence-corrected chi connectivity index (χ4v) is 9.01. The third-order valence-electron chi connectivity index (χ3n) is 10.1. The molecule has 40 heavy (non-hydrogen) atoms. The highest BCUT2D eigenvalue weighted by Crippen LogP contribution is 2.56. The summed E-state index contributed by atoms with van der Waals surface area (Å²) in [6.07, 6.45) is 7.36.